The zero-order chi connectivity index (χ0) is 20.3. The average molecular weight is 492 g/mol. The average Bonchev–Trinajstić information content (AvgIpc) is 3.23. The fourth-order valence-corrected chi connectivity index (χ4v) is 7.77. The van der Waals surface area contributed by atoms with E-state index in [1.165, 1.54) is 0 Å². The van der Waals surface area contributed by atoms with Gasteiger partial charge in [-0.05, 0) is 36.4 Å². The van der Waals surface area contributed by atoms with Crippen LogP contribution >= 0.6 is 7.26 Å². The van der Waals surface area contributed by atoms with Crippen LogP contribution in [0.15, 0.2) is 102 Å². The third kappa shape index (κ3) is 4.21. The van der Waals surface area contributed by atoms with Crippen LogP contribution < -0.4 is 32.9 Å². The first-order chi connectivity index (χ1) is 14.0. The van der Waals surface area contributed by atoms with Gasteiger partial charge in [-0.25, -0.2) is 4.98 Å². The van der Waals surface area contributed by atoms with Crippen LogP contribution in [0.1, 0.15) is 11.5 Å². The predicted octanol–water partition coefficient (Wildman–Crippen LogP) is 2.19. The summed E-state index contributed by atoms with van der Waals surface area (Å²) < 4.78 is 45.4. The van der Waals surface area contributed by atoms with Crippen molar-refractivity contribution in [3.63, 3.8) is 0 Å². The number of oxazole rings is 1. The summed E-state index contributed by atoms with van der Waals surface area (Å²) in [5.41, 5.74) is -0.0672. The van der Waals surface area contributed by atoms with Crippen molar-refractivity contribution >= 4 is 23.2 Å². The van der Waals surface area contributed by atoms with Gasteiger partial charge in [0.15, 0.2) is 6.39 Å². The van der Waals surface area contributed by atoms with Gasteiger partial charge in [0.1, 0.15) is 35.0 Å². The maximum atomic E-state index is 13.5. The number of alkyl halides is 3. The number of aromatic nitrogens is 1. The molecule has 0 bridgehead atoms. The Labute approximate surface area is 183 Å². The SMILES string of the molecule is FC(F)(F)c1ocnc1C[P+](c1ccccc1)(c1ccccc1)c1ccccc1.[Br-]. The molecule has 1 aromatic heterocycles. The normalized spacial score (nSPS) is 11.7. The fraction of sp³-hybridized carbons (Fsp3) is 0.0870. The molecular formula is C23H18BrF3NOP. The Morgan fingerprint density at radius 1 is 0.700 bits per heavy atom. The first kappa shape index (κ1) is 22.3. The summed E-state index contributed by atoms with van der Waals surface area (Å²) in [6.07, 6.45) is -3.59. The van der Waals surface area contributed by atoms with Crippen LogP contribution in [0.5, 0.6) is 0 Å². The third-order valence-electron chi connectivity index (χ3n) is 4.88. The minimum absolute atomic E-state index is 0. The molecule has 0 unspecified atom stereocenters. The van der Waals surface area contributed by atoms with Crippen molar-refractivity contribution in [1.29, 1.82) is 0 Å². The maximum absolute atomic E-state index is 13.5. The van der Waals surface area contributed by atoms with Crippen LogP contribution in [0.3, 0.4) is 0 Å². The van der Waals surface area contributed by atoms with Gasteiger partial charge < -0.3 is 21.4 Å². The summed E-state index contributed by atoms with van der Waals surface area (Å²) in [7, 11) is -2.46. The molecule has 1 heterocycles. The van der Waals surface area contributed by atoms with E-state index in [0.717, 1.165) is 22.3 Å². The maximum Gasteiger partial charge on any atom is 0.451 e. The smallest absolute Gasteiger partial charge is 0.451 e. The lowest BCUT2D eigenvalue weighted by molar-refractivity contribution is -0.153. The quantitative estimate of drug-likeness (QED) is 0.400. The largest absolute Gasteiger partial charge is 1.00 e. The molecule has 0 aliphatic heterocycles. The van der Waals surface area contributed by atoms with Crippen LogP contribution in [0, 0.1) is 0 Å². The van der Waals surface area contributed by atoms with Crippen molar-refractivity contribution in [2.45, 2.75) is 12.3 Å². The molecule has 0 fully saturated rings. The van der Waals surface area contributed by atoms with Crippen molar-refractivity contribution in [3.05, 3.63) is 109 Å². The number of hydrogen-bond acceptors (Lipinski definition) is 2. The Balaban J connectivity index is 0.00000256. The van der Waals surface area contributed by atoms with E-state index in [0.29, 0.717) is 0 Å². The number of nitrogens with zero attached hydrogens (tertiary/aromatic N) is 1. The lowest BCUT2D eigenvalue weighted by Crippen LogP contribution is -3.00. The molecule has 0 saturated carbocycles. The van der Waals surface area contributed by atoms with E-state index in [1.54, 1.807) is 0 Å². The van der Waals surface area contributed by atoms with Gasteiger partial charge in [-0.3, -0.25) is 0 Å². The predicted molar refractivity (Wildman–Crippen MR) is 110 cm³/mol. The zero-order valence-electron chi connectivity index (χ0n) is 15.8. The highest BCUT2D eigenvalue weighted by atomic mass is 79.9. The van der Waals surface area contributed by atoms with Crippen LogP contribution in [0.4, 0.5) is 13.2 Å². The topological polar surface area (TPSA) is 26.0 Å². The lowest BCUT2D eigenvalue weighted by atomic mass is 10.3. The molecule has 7 heteroatoms. The van der Waals surface area contributed by atoms with Crippen molar-refractivity contribution in [2.24, 2.45) is 0 Å². The molecule has 2 nitrogen and oxygen atoms in total. The van der Waals surface area contributed by atoms with Crippen LogP contribution in [-0.2, 0) is 12.3 Å². The van der Waals surface area contributed by atoms with Crippen molar-refractivity contribution in [1.82, 2.24) is 4.98 Å². The molecule has 3 aromatic carbocycles. The molecule has 0 radical (unpaired) electrons. The highest BCUT2D eigenvalue weighted by molar-refractivity contribution is 7.95. The number of halogens is 4. The standard InChI is InChI=1S/C23H18F3NOP.BrH/c24-23(25,26)22-21(27-17-28-22)16-29(18-10-4-1-5-11-18,19-12-6-2-7-13-19)20-14-8-3-9-15-20;/h1-15,17H,16H2;1H/q+1;/p-1. The van der Waals surface area contributed by atoms with E-state index in [1.807, 2.05) is 91.0 Å². The van der Waals surface area contributed by atoms with Crippen LogP contribution in [0.2, 0.25) is 0 Å². The third-order valence-corrected chi connectivity index (χ3v) is 9.19. The van der Waals surface area contributed by atoms with Gasteiger partial charge >= 0.3 is 6.18 Å². The zero-order valence-corrected chi connectivity index (χ0v) is 18.2. The van der Waals surface area contributed by atoms with E-state index in [4.69, 9.17) is 4.42 Å². The molecule has 0 aliphatic rings. The van der Waals surface area contributed by atoms with E-state index in [9.17, 15) is 13.2 Å². The van der Waals surface area contributed by atoms with Crippen molar-refractivity contribution < 1.29 is 34.6 Å². The summed E-state index contributed by atoms with van der Waals surface area (Å²) in [6, 6.07) is 29.2. The number of benzene rings is 3. The summed E-state index contributed by atoms with van der Waals surface area (Å²) in [6.45, 7) is 0. The Bertz CT molecular complexity index is 973. The van der Waals surface area contributed by atoms with Gasteiger partial charge in [-0.1, -0.05) is 54.6 Å². The molecule has 30 heavy (non-hydrogen) atoms. The Kier molecular flexibility index (Phi) is 6.79. The summed E-state index contributed by atoms with van der Waals surface area (Å²) in [5.74, 6) is -1.02. The second-order valence-electron chi connectivity index (χ2n) is 6.60. The van der Waals surface area contributed by atoms with Gasteiger partial charge in [-0.15, -0.1) is 0 Å². The van der Waals surface area contributed by atoms with E-state index < -0.39 is 19.2 Å². The molecule has 0 amide bonds. The molecule has 4 aromatic rings. The van der Waals surface area contributed by atoms with Gasteiger partial charge in [0.25, 0.3) is 0 Å². The molecule has 0 saturated heterocycles. The molecular weight excluding hydrogens is 474 g/mol. The number of hydrogen-bond donors (Lipinski definition) is 0. The molecule has 154 valence electrons. The molecule has 0 N–H and O–H groups in total. The first-order valence-corrected chi connectivity index (χ1v) is 11.0. The molecule has 0 spiro atoms. The van der Waals surface area contributed by atoms with E-state index in [2.05, 4.69) is 4.98 Å². The second kappa shape index (κ2) is 9.15. The highest BCUT2D eigenvalue weighted by Crippen LogP contribution is 2.58. The minimum atomic E-state index is -4.59. The van der Waals surface area contributed by atoms with E-state index in [-0.39, 0.29) is 28.8 Å². The summed E-state index contributed by atoms with van der Waals surface area (Å²) >= 11 is 0. The van der Waals surface area contributed by atoms with Crippen molar-refractivity contribution in [2.75, 3.05) is 0 Å². The highest BCUT2D eigenvalue weighted by Gasteiger charge is 2.49. The monoisotopic (exact) mass is 491 g/mol. The lowest BCUT2D eigenvalue weighted by Gasteiger charge is -2.27. The minimum Gasteiger partial charge on any atom is -1.00 e. The van der Waals surface area contributed by atoms with Gasteiger partial charge in [0.05, 0.1) is 0 Å². The molecule has 0 atom stereocenters. The van der Waals surface area contributed by atoms with Crippen LogP contribution in [0.25, 0.3) is 0 Å². The van der Waals surface area contributed by atoms with E-state index >= 15 is 0 Å². The van der Waals surface area contributed by atoms with Gasteiger partial charge in [0.2, 0.25) is 5.76 Å². The molecule has 0 aliphatic carbocycles. The van der Waals surface area contributed by atoms with Gasteiger partial charge in [0, 0.05) is 0 Å². The fourth-order valence-electron chi connectivity index (χ4n) is 3.61. The van der Waals surface area contributed by atoms with Crippen molar-refractivity contribution in [3.8, 4) is 0 Å². The summed E-state index contributed by atoms with van der Waals surface area (Å²) in [4.78, 5) is 3.99. The Morgan fingerprint density at radius 2 is 1.10 bits per heavy atom. The summed E-state index contributed by atoms with van der Waals surface area (Å²) in [5, 5.41) is 2.98. The van der Waals surface area contributed by atoms with Gasteiger partial charge in [-0.2, -0.15) is 13.2 Å². The molecule has 4 rings (SSSR count). The Hall–Kier alpha value is -2.43. The van der Waals surface area contributed by atoms with Crippen LogP contribution in [-0.4, -0.2) is 4.98 Å². The number of rotatable bonds is 5. The first-order valence-electron chi connectivity index (χ1n) is 9.06. The second-order valence-corrected chi connectivity index (χ2v) is 10.1. The Morgan fingerprint density at radius 3 is 1.47 bits per heavy atom.